The molecule has 0 aromatic heterocycles. The van der Waals surface area contributed by atoms with Crippen LogP contribution in [0.2, 0.25) is 0 Å². The van der Waals surface area contributed by atoms with Gasteiger partial charge in [0.05, 0.1) is 0 Å². The van der Waals surface area contributed by atoms with Crippen LogP contribution in [0.15, 0.2) is 30.5 Å². The van der Waals surface area contributed by atoms with E-state index in [2.05, 4.69) is 69.6 Å². The number of allylic oxidation sites excluding steroid dienone is 1. The third-order valence-electron chi connectivity index (χ3n) is 3.66. The Morgan fingerprint density at radius 2 is 1.88 bits per heavy atom. The molecule has 2 rings (SSSR count). The first-order chi connectivity index (χ1) is 7.35. The van der Waals surface area contributed by atoms with E-state index in [0.29, 0.717) is 0 Å². The summed E-state index contributed by atoms with van der Waals surface area (Å²) in [6.45, 7) is 8.66. The van der Waals surface area contributed by atoms with Crippen LogP contribution in [0.3, 0.4) is 0 Å². The number of hydrogen-bond acceptors (Lipinski definition) is 2. The molecule has 0 amide bonds. The minimum Gasteiger partial charge on any atom is -0.378 e. The lowest BCUT2D eigenvalue weighted by Gasteiger charge is -2.22. The van der Waals surface area contributed by atoms with Crippen LogP contribution in [0, 0.1) is 0 Å². The SMILES string of the molecule is C=C1N(C)c2ccc(N(C)C)cc2C1(C)C. The van der Waals surface area contributed by atoms with Crippen LogP contribution in [-0.4, -0.2) is 21.1 Å². The van der Waals surface area contributed by atoms with Crippen LogP contribution in [0.5, 0.6) is 0 Å². The third-order valence-corrected chi connectivity index (χ3v) is 3.66. The summed E-state index contributed by atoms with van der Waals surface area (Å²) in [6.07, 6.45) is 0. The zero-order valence-corrected chi connectivity index (χ0v) is 10.8. The molecule has 0 saturated carbocycles. The number of anilines is 2. The largest absolute Gasteiger partial charge is 0.378 e. The van der Waals surface area contributed by atoms with Gasteiger partial charge in [-0.25, -0.2) is 0 Å². The first-order valence-electron chi connectivity index (χ1n) is 5.60. The second-order valence-corrected chi connectivity index (χ2v) is 5.23. The molecule has 0 unspecified atom stereocenters. The van der Waals surface area contributed by atoms with E-state index in [-0.39, 0.29) is 5.41 Å². The molecule has 0 N–H and O–H groups in total. The molecule has 0 bridgehead atoms. The molecule has 1 heterocycles. The Bertz CT molecular complexity index is 444. The van der Waals surface area contributed by atoms with Crippen molar-refractivity contribution in [1.82, 2.24) is 0 Å². The van der Waals surface area contributed by atoms with Crippen LogP contribution in [0.1, 0.15) is 19.4 Å². The van der Waals surface area contributed by atoms with Crippen molar-refractivity contribution >= 4 is 11.4 Å². The topological polar surface area (TPSA) is 6.48 Å². The molecular weight excluding hydrogens is 196 g/mol. The van der Waals surface area contributed by atoms with Gasteiger partial charge in [0.2, 0.25) is 0 Å². The van der Waals surface area contributed by atoms with E-state index >= 15 is 0 Å². The first kappa shape index (κ1) is 11.1. The molecule has 0 fully saturated rings. The van der Waals surface area contributed by atoms with E-state index in [4.69, 9.17) is 0 Å². The normalized spacial score (nSPS) is 17.6. The van der Waals surface area contributed by atoms with Gasteiger partial charge in [-0.1, -0.05) is 20.4 Å². The van der Waals surface area contributed by atoms with Gasteiger partial charge in [0.25, 0.3) is 0 Å². The second kappa shape index (κ2) is 3.27. The van der Waals surface area contributed by atoms with Gasteiger partial charge >= 0.3 is 0 Å². The van der Waals surface area contributed by atoms with Gasteiger partial charge < -0.3 is 9.80 Å². The highest BCUT2D eigenvalue weighted by molar-refractivity contribution is 5.72. The van der Waals surface area contributed by atoms with E-state index in [0.717, 1.165) is 0 Å². The average Bonchev–Trinajstić information content (AvgIpc) is 2.40. The smallest absolute Gasteiger partial charge is 0.0449 e. The monoisotopic (exact) mass is 216 g/mol. The summed E-state index contributed by atoms with van der Waals surface area (Å²) < 4.78 is 0. The number of rotatable bonds is 1. The Morgan fingerprint density at radius 1 is 1.25 bits per heavy atom. The molecular formula is C14H20N2. The summed E-state index contributed by atoms with van der Waals surface area (Å²) in [7, 11) is 6.23. The number of fused-ring (bicyclic) bond motifs is 1. The highest BCUT2D eigenvalue weighted by Crippen LogP contribution is 2.47. The van der Waals surface area contributed by atoms with Crippen molar-refractivity contribution in [3.63, 3.8) is 0 Å². The Hall–Kier alpha value is -1.44. The highest BCUT2D eigenvalue weighted by Gasteiger charge is 2.37. The minimum atomic E-state index is 0.0378. The van der Waals surface area contributed by atoms with E-state index in [9.17, 15) is 0 Å². The molecule has 0 radical (unpaired) electrons. The summed E-state index contributed by atoms with van der Waals surface area (Å²) in [5.74, 6) is 0. The number of benzene rings is 1. The fraction of sp³-hybridized carbons (Fsp3) is 0.429. The number of hydrogen-bond donors (Lipinski definition) is 0. The van der Waals surface area contributed by atoms with Crippen molar-refractivity contribution in [3.05, 3.63) is 36.0 Å². The van der Waals surface area contributed by atoms with Crippen molar-refractivity contribution in [2.24, 2.45) is 0 Å². The summed E-state index contributed by atoms with van der Waals surface area (Å²) in [4.78, 5) is 4.33. The van der Waals surface area contributed by atoms with E-state index in [1.54, 1.807) is 0 Å². The molecule has 2 heteroatoms. The number of likely N-dealkylation sites (N-methyl/N-ethyl adjacent to an activating group) is 1. The zero-order valence-electron chi connectivity index (χ0n) is 10.8. The van der Waals surface area contributed by atoms with Crippen molar-refractivity contribution in [1.29, 1.82) is 0 Å². The van der Waals surface area contributed by atoms with Crippen molar-refractivity contribution < 1.29 is 0 Å². The molecule has 2 nitrogen and oxygen atoms in total. The summed E-state index contributed by atoms with van der Waals surface area (Å²) in [6, 6.07) is 6.61. The fourth-order valence-electron chi connectivity index (χ4n) is 2.32. The van der Waals surface area contributed by atoms with Gasteiger partial charge in [0.1, 0.15) is 0 Å². The Labute approximate surface area is 98.2 Å². The number of nitrogens with zero attached hydrogens (tertiary/aromatic N) is 2. The van der Waals surface area contributed by atoms with Gasteiger partial charge in [-0.05, 0) is 23.8 Å². The molecule has 1 aliphatic heterocycles. The van der Waals surface area contributed by atoms with Crippen LogP contribution < -0.4 is 9.80 Å². The predicted octanol–water partition coefficient (Wildman–Crippen LogP) is 2.99. The van der Waals surface area contributed by atoms with Gasteiger partial charge in [0, 0.05) is 43.6 Å². The van der Waals surface area contributed by atoms with Gasteiger partial charge in [-0.3, -0.25) is 0 Å². The molecule has 1 aliphatic rings. The third kappa shape index (κ3) is 1.33. The van der Waals surface area contributed by atoms with Crippen LogP contribution in [0.25, 0.3) is 0 Å². The predicted molar refractivity (Wildman–Crippen MR) is 71.3 cm³/mol. The molecule has 0 atom stereocenters. The molecule has 0 spiro atoms. The molecule has 1 aromatic rings. The van der Waals surface area contributed by atoms with Crippen LogP contribution in [-0.2, 0) is 5.41 Å². The molecule has 86 valence electrons. The Morgan fingerprint density at radius 3 is 2.44 bits per heavy atom. The first-order valence-corrected chi connectivity index (χ1v) is 5.60. The van der Waals surface area contributed by atoms with Gasteiger partial charge in [-0.2, -0.15) is 0 Å². The molecule has 0 aliphatic carbocycles. The maximum atomic E-state index is 4.19. The minimum absolute atomic E-state index is 0.0378. The molecule has 16 heavy (non-hydrogen) atoms. The summed E-state index contributed by atoms with van der Waals surface area (Å²) in [5.41, 5.74) is 5.09. The quantitative estimate of drug-likeness (QED) is 0.712. The average molecular weight is 216 g/mol. The van der Waals surface area contributed by atoms with Gasteiger partial charge in [-0.15, -0.1) is 0 Å². The van der Waals surface area contributed by atoms with E-state index < -0.39 is 0 Å². The van der Waals surface area contributed by atoms with Crippen molar-refractivity contribution in [3.8, 4) is 0 Å². The highest BCUT2D eigenvalue weighted by atomic mass is 15.2. The summed E-state index contributed by atoms with van der Waals surface area (Å²) >= 11 is 0. The van der Waals surface area contributed by atoms with Crippen molar-refractivity contribution in [2.75, 3.05) is 30.9 Å². The van der Waals surface area contributed by atoms with Crippen LogP contribution in [0.4, 0.5) is 11.4 Å². The summed E-state index contributed by atoms with van der Waals surface area (Å²) in [5, 5.41) is 0. The van der Waals surface area contributed by atoms with Crippen molar-refractivity contribution in [2.45, 2.75) is 19.3 Å². The van der Waals surface area contributed by atoms with E-state index in [1.165, 1.54) is 22.6 Å². The lowest BCUT2D eigenvalue weighted by molar-refractivity contribution is 0.643. The maximum absolute atomic E-state index is 4.19. The zero-order chi connectivity index (χ0) is 12.1. The molecule has 0 saturated heterocycles. The lowest BCUT2D eigenvalue weighted by Crippen LogP contribution is -2.21. The van der Waals surface area contributed by atoms with Gasteiger partial charge in [0.15, 0.2) is 0 Å². The Balaban J connectivity index is 2.61. The Kier molecular flexibility index (Phi) is 2.26. The second-order valence-electron chi connectivity index (χ2n) is 5.23. The van der Waals surface area contributed by atoms with E-state index in [1.807, 2.05) is 0 Å². The standard InChI is InChI=1S/C14H20N2/c1-10-14(2,3)12-9-11(15(4)5)7-8-13(12)16(10)6/h7-9H,1H2,2-6H3. The fourth-order valence-corrected chi connectivity index (χ4v) is 2.32. The lowest BCUT2D eigenvalue weighted by atomic mass is 9.84. The maximum Gasteiger partial charge on any atom is 0.0449 e. The van der Waals surface area contributed by atoms with Crippen LogP contribution >= 0.6 is 0 Å². The molecule has 1 aromatic carbocycles.